The van der Waals surface area contributed by atoms with Crippen LogP contribution in [-0.2, 0) is 0 Å². The van der Waals surface area contributed by atoms with Crippen LogP contribution in [0.3, 0.4) is 0 Å². The molecule has 0 spiro atoms. The van der Waals surface area contributed by atoms with Crippen LogP contribution in [0.5, 0.6) is 0 Å². The van der Waals surface area contributed by atoms with Crippen molar-refractivity contribution < 1.29 is 5.21 Å². The molecule has 1 aromatic carbocycles. The highest BCUT2D eigenvalue weighted by Gasteiger charge is 2.30. The van der Waals surface area contributed by atoms with Crippen molar-refractivity contribution in [2.45, 2.75) is 32.2 Å². The van der Waals surface area contributed by atoms with E-state index in [-0.39, 0.29) is 5.84 Å². The normalized spacial score (nSPS) is 15.8. The highest BCUT2D eigenvalue weighted by atomic mass is 35.5. The Morgan fingerprint density at radius 3 is 2.83 bits per heavy atom. The number of nitrogens with zero attached hydrogens (tertiary/aromatic N) is 2. The molecule has 0 unspecified atom stereocenters. The van der Waals surface area contributed by atoms with Gasteiger partial charge in [0, 0.05) is 28.9 Å². The molecule has 0 aromatic heterocycles. The Balaban J connectivity index is 2.42. The molecule has 2 rings (SSSR count). The third-order valence-corrected chi connectivity index (χ3v) is 3.34. The van der Waals surface area contributed by atoms with Gasteiger partial charge >= 0.3 is 0 Å². The van der Waals surface area contributed by atoms with Gasteiger partial charge in [0.15, 0.2) is 5.84 Å². The van der Waals surface area contributed by atoms with Gasteiger partial charge < -0.3 is 15.8 Å². The quantitative estimate of drug-likeness (QED) is 0.373. The zero-order valence-corrected chi connectivity index (χ0v) is 11.2. The first-order valence-corrected chi connectivity index (χ1v) is 6.59. The van der Waals surface area contributed by atoms with E-state index in [0.29, 0.717) is 11.1 Å². The molecule has 1 saturated carbocycles. The van der Waals surface area contributed by atoms with Crippen LogP contribution < -0.4 is 10.6 Å². The smallest absolute Gasteiger partial charge is 0.172 e. The van der Waals surface area contributed by atoms with E-state index in [1.54, 1.807) is 12.1 Å². The summed E-state index contributed by atoms with van der Waals surface area (Å²) >= 11 is 6.06. The minimum absolute atomic E-state index is 0.128. The Hall–Kier alpha value is -1.42. The van der Waals surface area contributed by atoms with Gasteiger partial charge in [0.1, 0.15) is 0 Å². The lowest BCUT2D eigenvalue weighted by Crippen LogP contribution is -2.29. The summed E-state index contributed by atoms with van der Waals surface area (Å²) in [7, 11) is 0. The van der Waals surface area contributed by atoms with Crippen molar-refractivity contribution in [3.63, 3.8) is 0 Å². The molecule has 0 atom stereocenters. The molecule has 1 fully saturated rings. The number of hydrogen-bond acceptors (Lipinski definition) is 3. The molecule has 18 heavy (non-hydrogen) atoms. The zero-order chi connectivity index (χ0) is 13.1. The molecule has 1 aliphatic carbocycles. The second-order valence-corrected chi connectivity index (χ2v) is 5.01. The molecule has 1 aromatic rings. The fraction of sp³-hybridized carbons (Fsp3) is 0.462. The Bertz CT molecular complexity index is 458. The summed E-state index contributed by atoms with van der Waals surface area (Å²) < 4.78 is 0. The van der Waals surface area contributed by atoms with E-state index in [1.165, 1.54) is 12.8 Å². The lowest BCUT2D eigenvalue weighted by molar-refractivity contribution is 0.318. The molecule has 1 aliphatic rings. The van der Waals surface area contributed by atoms with Gasteiger partial charge in [-0.15, -0.1) is 0 Å². The number of anilines is 1. The van der Waals surface area contributed by atoms with Gasteiger partial charge in [-0.25, -0.2) is 0 Å². The maximum absolute atomic E-state index is 8.86. The number of rotatable bonds is 5. The van der Waals surface area contributed by atoms with Crippen LogP contribution in [-0.4, -0.2) is 23.6 Å². The topological polar surface area (TPSA) is 61.8 Å². The predicted octanol–water partition coefficient (Wildman–Crippen LogP) is 2.81. The van der Waals surface area contributed by atoms with Crippen molar-refractivity contribution >= 4 is 23.1 Å². The lowest BCUT2D eigenvalue weighted by Gasteiger charge is -2.26. The van der Waals surface area contributed by atoms with E-state index in [2.05, 4.69) is 17.0 Å². The lowest BCUT2D eigenvalue weighted by atomic mass is 10.1. The summed E-state index contributed by atoms with van der Waals surface area (Å²) in [5.74, 6) is 0.128. The van der Waals surface area contributed by atoms with Gasteiger partial charge in [0.25, 0.3) is 0 Å². The fourth-order valence-electron chi connectivity index (χ4n) is 2.14. The number of nitrogens with two attached hydrogens (primary N) is 1. The van der Waals surface area contributed by atoms with Crippen molar-refractivity contribution in [3.8, 4) is 0 Å². The van der Waals surface area contributed by atoms with Crippen molar-refractivity contribution in [2.24, 2.45) is 10.9 Å². The molecular formula is C13H18ClN3O. The van der Waals surface area contributed by atoms with Crippen molar-refractivity contribution in [1.29, 1.82) is 0 Å². The first kappa shape index (κ1) is 13.0. The summed E-state index contributed by atoms with van der Waals surface area (Å²) in [5.41, 5.74) is 7.43. The molecule has 98 valence electrons. The maximum atomic E-state index is 8.86. The highest BCUT2D eigenvalue weighted by molar-refractivity contribution is 6.31. The first-order chi connectivity index (χ1) is 8.67. The molecule has 0 amide bonds. The maximum Gasteiger partial charge on any atom is 0.172 e. The summed E-state index contributed by atoms with van der Waals surface area (Å²) in [6.07, 6.45) is 3.45. The van der Waals surface area contributed by atoms with E-state index >= 15 is 0 Å². The van der Waals surface area contributed by atoms with E-state index < -0.39 is 0 Å². The second kappa shape index (κ2) is 5.48. The number of hydrogen-bond donors (Lipinski definition) is 2. The number of oxime groups is 1. The predicted molar refractivity (Wildman–Crippen MR) is 74.6 cm³/mol. The Kier molecular flexibility index (Phi) is 3.97. The van der Waals surface area contributed by atoms with Gasteiger partial charge in [-0.05, 0) is 37.5 Å². The van der Waals surface area contributed by atoms with E-state index in [0.717, 1.165) is 24.2 Å². The molecule has 4 nitrogen and oxygen atoms in total. The van der Waals surface area contributed by atoms with Gasteiger partial charge in [-0.2, -0.15) is 0 Å². The van der Waals surface area contributed by atoms with Crippen molar-refractivity contribution in [3.05, 3.63) is 28.8 Å². The van der Waals surface area contributed by atoms with Crippen LogP contribution in [0.4, 0.5) is 5.69 Å². The van der Waals surface area contributed by atoms with Crippen LogP contribution >= 0.6 is 11.6 Å². The molecule has 0 saturated heterocycles. The van der Waals surface area contributed by atoms with Crippen LogP contribution in [0.2, 0.25) is 5.02 Å². The Labute approximate surface area is 112 Å². The molecule has 0 radical (unpaired) electrons. The average Bonchev–Trinajstić information content (AvgIpc) is 3.19. The summed E-state index contributed by atoms with van der Waals surface area (Å²) in [4.78, 5) is 2.30. The Morgan fingerprint density at radius 1 is 1.56 bits per heavy atom. The molecule has 0 heterocycles. The fourth-order valence-corrected chi connectivity index (χ4v) is 2.31. The number of halogens is 1. The minimum atomic E-state index is 0.128. The Morgan fingerprint density at radius 2 is 2.28 bits per heavy atom. The second-order valence-electron chi connectivity index (χ2n) is 4.57. The largest absolute Gasteiger partial charge is 0.409 e. The van der Waals surface area contributed by atoms with Crippen LogP contribution in [0.1, 0.15) is 31.7 Å². The SMILES string of the molecule is CCCN(c1cc(Cl)ccc1/C(N)=N/O)C1CC1. The number of benzene rings is 1. The van der Waals surface area contributed by atoms with Crippen molar-refractivity contribution in [2.75, 3.05) is 11.4 Å². The summed E-state index contributed by atoms with van der Waals surface area (Å²) in [6, 6.07) is 6.02. The van der Waals surface area contributed by atoms with Gasteiger partial charge in [-0.3, -0.25) is 0 Å². The first-order valence-electron chi connectivity index (χ1n) is 6.21. The zero-order valence-electron chi connectivity index (χ0n) is 10.4. The van der Waals surface area contributed by atoms with Crippen LogP contribution in [0.25, 0.3) is 0 Å². The third kappa shape index (κ3) is 2.70. The standard InChI is InChI=1S/C13H18ClN3O/c1-2-7-17(10-4-5-10)12-8-9(14)3-6-11(12)13(15)16-18/h3,6,8,10,18H,2,4-5,7H2,1H3,(H2,15,16). The summed E-state index contributed by atoms with van der Waals surface area (Å²) in [5, 5.41) is 12.6. The van der Waals surface area contributed by atoms with E-state index in [9.17, 15) is 0 Å². The van der Waals surface area contributed by atoms with Gasteiger partial charge in [-0.1, -0.05) is 23.7 Å². The van der Waals surface area contributed by atoms with Gasteiger partial charge in [0.2, 0.25) is 0 Å². The molecule has 0 bridgehead atoms. The minimum Gasteiger partial charge on any atom is -0.409 e. The molecule has 0 aliphatic heterocycles. The third-order valence-electron chi connectivity index (χ3n) is 3.11. The van der Waals surface area contributed by atoms with E-state index in [4.69, 9.17) is 22.5 Å². The van der Waals surface area contributed by atoms with Crippen LogP contribution in [0.15, 0.2) is 23.4 Å². The molecule has 5 heteroatoms. The number of amidine groups is 1. The van der Waals surface area contributed by atoms with Crippen molar-refractivity contribution in [1.82, 2.24) is 0 Å². The average molecular weight is 268 g/mol. The molecular weight excluding hydrogens is 250 g/mol. The molecule has 3 N–H and O–H groups in total. The van der Waals surface area contributed by atoms with E-state index in [1.807, 2.05) is 6.07 Å². The summed E-state index contributed by atoms with van der Waals surface area (Å²) in [6.45, 7) is 3.10. The highest BCUT2D eigenvalue weighted by Crippen LogP contribution is 2.35. The monoisotopic (exact) mass is 267 g/mol. The van der Waals surface area contributed by atoms with Crippen LogP contribution in [0, 0.1) is 0 Å². The van der Waals surface area contributed by atoms with Gasteiger partial charge in [0.05, 0.1) is 0 Å².